The highest BCUT2D eigenvalue weighted by Crippen LogP contribution is 2.27. The van der Waals surface area contributed by atoms with Gasteiger partial charge in [0.2, 0.25) is 0 Å². The Bertz CT molecular complexity index is 233. The minimum absolute atomic E-state index is 0.903. The second kappa shape index (κ2) is 5.71. The summed E-state index contributed by atoms with van der Waals surface area (Å²) in [7, 11) is 0. The van der Waals surface area contributed by atoms with Gasteiger partial charge in [-0.2, -0.15) is 0 Å². The van der Waals surface area contributed by atoms with Gasteiger partial charge in [-0.05, 0) is 51.7 Å². The molecule has 1 atom stereocenters. The largest absolute Gasteiger partial charge is 0.299 e. The second-order valence-corrected chi connectivity index (χ2v) is 6.33. The van der Waals surface area contributed by atoms with Crippen molar-refractivity contribution in [2.75, 3.05) is 26.2 Å². The van der Waals surface area contributed by atoms with Gasteiger partial charge < -0.3 is 0 Å². The first-order valence-electron chi connectivity index (χ1n) is 7.91. The van der Waals surface area contributed by atoms with Crippen LogP contribution >= 0.6 is 0 Å². The van der Waals surface area contributed by atoms with Crippen LogP contribution in [0.25, 0.3) is 0 Å². The van der Waals surface area contributed by atoms with Crippen molar-refractivity contribution in [3.8, 4) is 0 Å². The van der Waals surface area contributed by atoms with E-state index in [0.29, 0.717) is 0 Å². The first-order chi connectivity index (χ1) is 8.43. The molecule has 2 nitrogen and oxygen atoms in total. The van der Waals surface area contributed by atoms with E-state index in [1.54, 1.807) is 0 Å². The molecule has 2 saturated heterocycles. The minimum atomic E-state index is 0.903. The van der Waals surface area contributed by atoms with Crippen molar-refractivity contribution < 1.29 is 0 Å². The van der Waals surface area contributed by atoms with Crippen LogP contribution in [0.1, 0.15) is 57.8 Å². The van der Waals surface area contributed by atoms with Gasteiger partial charge in [0.25, 0.3) is 0 Å². The van der Waals surface area contributed by atoms with Gasteiger partial charge in [-0.25, -0.2) is 0 Å². The smallest absolute Gasteiger partial charge is 0.0223 e. The molecule has 0 aromatic rings. The topological polar surface area (TPSA) is 6.48 Å². The summed E-state index contributed by atoms with van der Waals surface area (Å²) in [4.78, 5) is 5.62. The van der Waals surface area contributed by atoms with Crippen LogP contribution in [0.5, 0.6) is 0 Å². The molecular weight excluding hydrogens is 208 g/mol. The molecule has 3 aliphatic rings. The van der Waals surface area contributed by atoms with Crippen LogP contribution in [-0.2, 0) is 0 Å². The predicted molar refractivity (Wildman–Crippen MR) is 72.3 cm³/mol. The van der Waals surface area contributed by atoms with Crippen molar-refractivity contribution in [3.63, 3.8) is 0 Å². The van der Waals surface area contributed by atoms with Crippen LogP contribution in [0.3, 0.4) is 0 Å². The molecule has 0 aromatic carbocycles. The highest BCUT2D eigenvalue weighted by atomic mass is 15.3. The van der Waals surface area contributed by atoms with Crippen LogP contribution in [0, 0.1) is 0 Å². The highest BCUT2D eigenvalue weighted by Gasteiger charge is 2.31. The van der Waals surface area contributed by atoms with E-state index in [4.69, 9.17) is 0 Å². The van der Waals surface area contributed by atoms with Gasteiger partial charge in [-0.15, -0.1) is 0 Å². The van der Waals surface area contributed by atoms with E-state index in [1.165, 1.54) is 84.0 Å². The molecule has 2 aliphatic heterocycles. The summed E-state index contributed by atoms with van der Waals surface area (Å²) in [5.74, 6) is 0. The number of fused-ring (bicyclic) bond motifs is 1. The molecule has 0 aromatic heterocycles. The summed E-state index contributed by atoms with van der Waals surface area (Å²) in [6.45, 7) is 5.50. The molecule has 3 fully saturated rings. The Balaban J connectivity index is 1.61. The molecule has 17 heavy (non-hydrogen) atoms. The predicted octanol–water partition coefficient (Wildman–Crippen LogP) is 2.88. The molecule has 1 saturated carbocycles. The van der Waals surface area contributed by atoms with Crippen molar-refractivity contribution in [1.29, 1.82) is 0 Å². The standard InChI is InChI=1S/C15H28N2/c1-2-4-8-14(7-3-1)17-12-6-11-16-10-5-9-15(16)13-17/h14-15H,1-13H2. The van der Waals surface area contributed by atoms with E-state index in [9.17, 15) is 0 Å². The first-order valence-corrected chi connectivity index (χ1v) is 7.91. The minimum Gasteiger partial charge on any atom is -0.299 e. The molecule has 0 amide bonds. The number of rotatable bonds is 1. The van der Waals surface area contributed by atoms with E-state index in [2.05, 4.69) is 9.80 Å². The Morgan fingerprint density at radius 1 is 0.529 bits per heavy atom. The summed E-state index contributed by atoms with van der Waals surface area (Å²) in [5, 5.41) is 0. The Hall–Kier alpha value is -0.0800. The lowest BCUT2D eigenvalue weighted by molar-refractivity contribution is 0.159. The lowest BCUT2D eigenvalue weighted by Gasteiger charge is -2.32. The molecule has 1 aliphatic carbocycles. The molecule has 98 valence electrons. The molecular formula is C15H28N2. The third-order valence-electron chi connectivity index (χ3n) is 5.18. The fourth-order valence-electron chi connectivity index (χ4n) is 4.19. The second-order valence-electron chi connectivity index (χ2n) is 6.33. The van der Waals surface area contributed by atoms with E-state index >= 15 is 0 Å². The maximum atomic E-state index is 2.86. The van der Waals surface area contributed by atoms with Gasteiger partial charge >= 0.3 is 0 Å². The highest BCUT2D eigenvalue weighted by molar-refractivity contribution is 4.87. The average molecular weight is 236 g/mol. The lowest BCUT2D eigenvalue weighted by Crippen LogP contribution is -2.41. The van der Waals surface area contributed by atoms with E-state index in [-0.39, 0.29) is 0 Å². The van der Waals surface area contributed by atoms with E-state index < -0.39 is 0 Å². The van der Waals surface area contributed by atoms with Crippen molar-refractivity contribution in [2.45, 2.75) is 69.9 Å². The number of hydrogen-bond acceptors (Lipinski definition) is 2. The van der Waals surface area contributed by atoms with Crippen LogP contribution in [-0.4, -0.2) is 48.1 Å². The molecule has 2 heterocycles. The molecule has 0 bridgehead atoms. The summed E-state index contributed by atoms with van der Waals surface area (Å²) >= 11 is 0. The monoisotopic (exact) mass is 236 g/mol. The maximum absolute atomic E-state index is 2.86. The first kappa shape index (κ1) is 12.0. The fourth-order valence-corrected chi connectivity index (χ4v) is 4.19. The maximum Gasteiger partial charge on any atom is 0.0223 e. The third kappa shape index (κ3) is 2.85. The van der Waals surface area contributed by atoms with Crippen molar-refractivity contribution in [1.82, 2.24) is 9.80 Å². The van der Waals surface area contributed by atoms with Crippen LogP contribution in [0.4, 0.5) is 0 Å². The van der Waals surface area contributed by atoms with Gasteiger partial charge in [0.1, 0.15) is 0 Å². The molecule has 3 rings (SSSR count). The van der Waals surface area contributed by atoms with E-state index in [1.807, 2.05) is 0 Å². The molecule has 1 unspecified atom stereocenters. The Kier molecular flexibility index (Phi) is 4.02. The molecule has 2 heteroatoms. The van der Waals surface area contributed by atoms with Crippen molar-refractivity contribution >= 4 is 0 Å². The summed E-state index contributed by atoms with van der Waals surface area (Å²) in [6, 6.07) is 1.83. The van der Waals surface area contributed by atoms with Crippen molar-refractivity contribution in [2.24, 2.45) is 0 Å². The molecule has 0 radical (unpaired) electrons. The van der Waals surface area contributed by atoms with Crippen molar-refractivity contribution in [3.05, 3.63) is 0 Å². The Morgan fingerprint density at radius 2 is 1.18 bits per heavy atom. The summed E-state index contributed by atoms with van der Waals surface area (Å²) in [6.07, 6.45) is 13.2. The Morgan fingerprint density at radius 3 is 2.00 bits per heavy atom. The van der Waals surface area contributed by atoms with Gasteiger partial charge in [0.15, 0.2) is 0 Å². The molecule has 0 spiro atoms. The zero-order valence-corrected chi connectivity index (χ0v) is 11.2. The van der Waals surface area contributed by atoms with Crippen LogP contribution in [0.15, 0.2) is 0 Å². The Labute approximate surface area is 106 Å². The average Bonchev–Trinajstić information content (AvgIpc) is 2.59. The van der Waals surface area contributed by atoms with Crippen LogP contribution < -0.4 is 0 Å². The summed E-state index contributed by atoms with van der Waals surface area (Å²) in [5.41, 5.74) is 0. The number of hydrogen-bond donors (Lipinski definition) is 0. The quantitative estimate of drug-likeness (QED) is 0.646. The van der Waals surface area contributed by atoms with Gasteiger partial charge in [0.05, 0.1) is 0 Å². The summed E-state index contributed by atoms with van der Waals surface area (Å²) < 4.78 is 0. The van der Waals surface area contributed by atoms with Crippen LogP contribution in [0.2, 0.25) is 0 Å². The zero-order valence-electron chi connectivity index (χ0n) is 11.2. The fraction of sp³-hybridized carbons (Fsp3) is 1.00. The van der Waals surface area contributed by atoms with Gasteiger partial charge in [0, 0.05) is 18.6 Å². The SMILES string of the molecule is C1CCCC(N2CCCN3CCCC3C2)CC1. The third-order valence-corrected chi connectivity index (χ3v) is 5.18. The lowest BCUT2D eigenvalue weighted by atomic mass is 10.1. The van der Waals surface area contributed by atoms with E-state index in [0.717, 1.165) is 12.1 Å². The number of nitrogens with zero attached hydrogens (tertiary/aromatic N) is 2. The van der Waals surface area contributed by atoms with Gasteiger partial charge in [-0.3, -0.25) is 9.80 Å². The normalized spacial score (nSPS) is 34.2. The molecule has 0 N–H and O–H groups in total. The zero-order chi connectivity index (χ0) is 11.5. The van der Waals surface area contributed by atoms with Gasteiger partial charge in [-0.1, -0.05) is 25.7 Å².